The summed E-state index contributed by atoms with van der Waals surface area (Å²) < 4.78 is 0. The Morgan fingerprint density at radius 3 is 2.61 bits per heavy atom. The maximum Gasteiger partial charge on any atom is 0.231 e. The van der Waals surface area contributed by atoms with Crippen LogP contribution in [-0.4, -0.2) is 25.9 Å². The van der Waals surface area contributed by atoms with Gasteiger partial charge in [0, 0.05) is 30.1 Å². The Balaban J connectivity index is 1.71. The smallest absolute Gasteiger partial charge is 0.231 e. The third kappa shape index (κ3) is 3.07. The molecule has 0 amide bonds. The predicted molar refractivity (Wildman–Crippen MR) is 113 cm³/mol. The Bertz CT molecular complexity index is 1220. The molecule has 1 aliphatic carbocycles. The third-order valence-corrected chi connectivity index (χ3v) is 5.87. The van der Waals surface area contributed by atoms with Crippen molar-refractivity contribution in [3.8, 4) is 6.07 Å². The van der Waals surface area contributed by atoms with Crippen LogP contribution in [0.2, 0.25) is 0 Å². The largest absolute Gasteiger partial charge is 0.384 e. The molecule has 1 aliphatic heterocycles. The third-order valence-electron chi connectivity index (χ3n) is 5.87. The number of rotatable bonds is 3. The van der Waals surface area contributed by atoms with Gasteiger partial charge in [-0.1, -0.05) is 36.4 Å². The number of Topliss-reactive ketones (excluding diaryl/α,β-unsaturated/α-hetero) is 1. The summed E-state index contributed by atoms with van der Waals surface area (Å²) in [5.74, 6) is 0.0620. The zero-order valence-electron chi connectivity index (χ0n) is 16.6. The molecule has 0 radical (unpaired) electrons. The van der Waals surface area contributed by atoms with Gasteiger partial charge in [0.1, 0.15) is 12.1 Å². The molecule has 0 saturated carbocycles. The van der Waals surface area contributed by atoms with Crippen molar-refractivity contribution in [3.05, 3.63) is 95.0 Å². The quantitative estimate of drug-likeness (QED) is 0.681. The van der Waals surface area contributed by atoms with E-state index in [0.29, 0.717) is 29.9 Å². The number of hydrogen-bond donors (Lipinski definition) is 2. The first-order valence-corrected chi connectivity index (χ1v) is 9.95. The van der Waals surface area contributed by atoms with E-state index in [1.807, 2.05) is 36.4 Å². The standard InChI is InChI=1S/C23H19N7O/c24-11-17-20(15-7-4-8-26-12-15)21-18(30(22(17)25)23-27-13-28-29-23)9-16(10-19(21)31)14-5-2-1-3-6-14/h1-8,12-13,16,20H,9-10,25H2,(H,27,28,29)/t16-,20-/m0/s1. The molecule has 2 aromatic heterocycles. The van der Waals surface area contributed by atoms with Gasteiger partial charge in [-0.15, -0.1) is 0 Å². The fourth-order valence-corrected chi connectivity index (χ4v) is 4.52. The summed E-state index contributed by atoms with van der Waals surface area (Å²) >= 11 is 0. The van der Waals surface area contributed by atoms with Crippen molar-refractivity contribution in [2.24, 2.45) is 5.73 Å². The zero-order chi connectivity index (χ0) is 21.4. The number of allylic oxidation sites excluding steroid dienone is 3. The molecule has 0 bridgehead atoms. The average molecular weight is 409 g/mol. The topological polar surface area (TPSA) is 125 Å². The monoisotopic (exact) mass is 409 g/mol. The Morgan fingerprint density at radius 1 is 1.13 bits per heavy atom. The molecule has 0 unspecified atom stereocenters. The number of aromatic amines is 1. The van der Waals surface area contributed by atoms with Gasteiger partial charge in [0.25, 0.3) is 0 Å². The minimum absolute atomic E-state index is 0.00357. The Labute approximate surface area is 178 Å². The summed E-state index contributed by atoms with van der Waals surface area (Å²) in [6.45, 7) is 0. The Kier molecular flexibility index (Phi) is 4.56. The molecule has 3 heterocycles. The molecule has 3 aromatic rings. The minimum atomic E-state index is -0.558. The first-order valence-electron chi connectivity index (χ1n) is 9.95. The second kappa shape index (κ2) is 7.54. The van der Waals surface area contributed by atoms with E-state index >= 15 is 0 Å². The number of carbonyl (C=O) groups excluding carboxylic acids is 1. The number of hydrogen-bond acceptors (Lipinski definition) is 7. The molecule has 2 atom stereocenters. The van der Waals surface area contributed by atoms with E-state index in [-0.39, 0.29) is 17.5 Å². The molecule has 0 fully saturated rings. The zero-order valence-corrected chi connectivity index (χ0v) is 16.6. The van der Waals surface area contributed by atoms with E-state index in [9.17, 15) is 10.1 Å². The molecule has 8 nitrogen and oxygen atoms in total. The van der Waals surface area contributed by atoms with E-state index in [4.69, 9.17) is 5.73 Å². The van der Waals surface area contributed by atoms with Gasteiger partial charge in [-0.05, 0) is 29.5 Å². The molecule has 2 aliphatic rings. The van der Waals surface area contributed by atoms with E-state index in [1.165, 1.54) is 6.33 Å². The number of nitrogens with two attached hydrogens (primary N) is 1. The SMILES string of the molecule is N#CC1=C(N)N(c2ncn[nH]2)C2=C(C(=O)C[C@@H](c3ccccc3)C2)[C@H]1c1cccnc1. The van der Waals surface area contributed by atoms with E-state index in [1.54, 1.807) is 23.4 Å². The highest BCUT2D eigenvalue weighted by molar-refractivity contribution is 6.01. The summed E-state index contributed by atoms with van der Waals surface area (Å²) in [7, 11) is 0. The van der Waals surface area contributed by atoms with E-state index in [0.717, 1.165) is 16.8 Å². The first-order chi connectivity index (χ1) is 15.2. The van der Waals surface area contributed by atoms with Crippen LogP contribution in [0.3, 0.4) is 0 Å². The van der Waals surface area contributed by atoms with Crippen LogP contribution in [0.5, 0.6) is 0 Å². The lowest BCUT2D eigenvalue weighted by Gasteiger charge is -2.40. The normalized spacial score (nSPS) is 21.1. The van der Waals surface area contributed by atoms with Gasteiger partial charge < -0.3 is 5.73 Å². The minimum Gasteiger partial charge on any atom is -0.384 e. The molecule has 0 spiro atoms. The number of aromatic nitrogens is 4. The highest BCUT2D eigenvalue weighted by atomic mass is 16.1. The highest BCUT2D eigenvalue weighted by Crippen LogP contribution is 2.48. The first kappa shape index (κ1) is 18.8. The molecule has 3 N–H and O–H groups in total. The Morgan fingerprint density at radius 2 is 1.94 bits per heavy atom. The fraction of sp³-hybridized carbons (Fsp3) is 0.174. The van der Waals surface area contributed by atoms with Crippen LogP contribution in [0.4, 0.5) is 5.95 Å². The lowest BCUT2D eigenvalue weighted by molar-refractivity contribution is -0.116. The molecule has 0 saturated heterocycles. The molecule has 5 rings (SSSR count). The average Bonchev–Trinajstić information content (AvgIpc) is 3.33. The molecule has 31 heavy (non-hydrogen) atoms. The summed E-state index contributed by atoms with van der Waals surface area (Å²) in [6, 6.07) is 15.9. The van der Waals surface area contributed by atoms with E-state index in [2.05, 4.69) is 26.2 Å². The van der Waals surface area contributed by atoms with Crippen molar-refractivity contribution >= 4 is 11.7 Å². The number of carbonyl (C=O) groups is 1. The van der Waals surface area contributed by atoms with Gasteiger partial charge >= 0.3 is 0 Å². The van der Waals surface area contributed by atoms with Crippen molar-refractivity contribution in [2.75, 3.05) is 4.90 Å². The summed E-state index contributed by atoms with van der Waals surface area (Å²) in [6.07, 6.45) is 5.67. The summed E-state index contributed by atoms with van der Waals surface area (Å²) in [5, 5.41) is 16.8. The van der Waals surface area contributed by atoms with Crippen molar-refractivity contribution in [2.45, 2.75) is 24.7 Å². The van der Waals surface area contributed by atoms with Crippen LogP contribution < -0.4 is 10.6 Å². The van der Waals surface area contributed by atoms with Crippen molar-refractivity contribution in [1.82, 2.24) is 20.2 Å². The predicted octanol–water partition coefficient (Wildman–Crippen LogP) is 2.90. The van der Waals surface area contributed by atoms with Gasteiger partial charge in [-0.2, -0.15) is 15.3 Å². The second-order valence-corrected chi connectivity index (χ2v) is 7.57. The maximum atomic E-state index is 13.6. The maximum absolute atomic E-state index is 13.6. The lowest BCUT2D eigenvalue weighted by atomic mass is 9.72. The number of anilines is 1. The summed E-state index contributed by atoms with van der Waals surface area (Å²) in [5.41, 5.74) is 9.99. The number of nitriles is 1. The van der Waals surface area contributed by atoms with Crippen molar-refractivity contribution in [1.29, 1.82) is 5.26 Å². The van der Waals surface area contributed by atoms with Crippen LogP contribution in [0.25, 0.3) is 0 Å². The van der Waals surface area contributed by atoms with Gasteiger partial charge in [0.15, 0.2) is 5.78 Å². The second-order valence-electron chi connectivity index (χ2n) is 7.57. The van der Waals surface area contributed by atoms with Gasteiger partial charge in [0.05, 0.1) is 17.6 Å². The Hall–Kier alpha value is -4.25. The van der Waals surface area contributed by atoms with Crippen LogP contribution in [0.15, 0.2) is 83.8 Å². The molecular formula is C23H19N7O. The van der Waals surface area contributed by atoms with Crippen LogP contribution in [0, 0.1) is 11.3 Å². The molecular weight excluding hydrogens is 390 g/mol. The number of pyridine rings is 1. The number of nitrogens with one attached hydrogen (secondary N) is 1. The number of benzene rings is 1. The molecule has 8 heteroatoms. The van der Waals surface area contributed by atoms with E-state index < -0.39 is 5.92 Å². The number of nitrogens with zero attached hydrogens (tertiary/aromatic N) is 5. The molecule has 1 aromatic carbocycles. The van der Waals surface area contributed by atoms with Crippen LogP contribution in [-0.2, 0) is 4.79 Å². The van der Waals surface area contributed by atoms with Gasteiger partial charge in [-0.3, -0.25) is 14.7 Å². The molecule has 152 valence electrons. The fourth-order valence-electron chi connectivity index (χ4n) is 4.52. The van der Waals surface area contributed by atoms with Crippen LogP contribution in [0.1, 0.15) is 35.8 Å². The lowest BCUT2D eigenvalue weighted by Crippen LogP contribution is -2.40. The summed E-state index contributed by atoms with van der Waals surface area (Å²) in [4.78, 5) is 23.7. The van der Waals surface area contributed by atoms with Crippen LogP contribution >= 0.6 is 0 Å². The van der Waals surface area contributed by atoms with Crippen molar-refractivity contribution in [3.63, 3.8) is 0 Å². The number of H-pyrrole nitrogens is 1. The number of ketones is 1. The highest BCUT2D eigenvalue weighted by Gasteiger charge is 2.43. The van der Waals surface area contributed by atoms with Gasteiger partial charge in [-0.25, -0.2) is 5.10 Å². The van der Waals surface area contributed by atoms with Crippen molar-refractivity contribution < 1.29 is 4.79 Å². The van der Waals surface area contributed by atoms with Gasteiger partial charge in [0.2, 0.25) is 5.95 Å².